The summed E-state index contributed by atoms with van der Waals surface area (Å²) in [5.41, 5.74) is 0.617. The maximum absolute atomic E-state index is 10.1. The lowest BCUT2D eigenvalue weighted by Crippen LogP contribution is -2.40. The molecule has 0 aliphatic heterocycles. The minimum atomic E-state index is -0.582. The molecule has 3 heteroatoms. The summed E-state index contributed by atoms with van der Waals surface area (Å²) in [6.45, 7) is 6.76. The lowest BCUT2D eigenvalue weighted by atomic mass is 9.97. The topological polar surface area (TPSA) is 45.1 Å². The van der Waals surface area contributed by atoms with Gasteiger partial charge in [0.15, 0.2) is 0 Å². The van der Waals surface area contributed by atoms with Crippen LogP contribution in [0, 0.1) is 0 Å². The van der Waals surface area contributed by atoms with Gasteiger partial charge in [-0.15, -0.1) is 0 Å². The maximum Gasteiger partial charge on any atom is 0.0766 e. The van der Waals surface area contributed by atoms with Gasteiger partial charge in [-0.1, -0.05) is 13.8 Å². The van der Waals surface area contributed by atoms with E-state index < -0.39 is 5.60 Å². The second-order valence-electron chi connectivity index (χ2n) is 4.31. The molecule has 0 spiro atoms. The molecule has 1 aromatic heterocycles. The molecule has 0 aromatic carbocycles. The van der Waals surface area contributed by atoms with Crippen molar-refractivity contribution < 1.29 is 5.11 Å². The third kappa shape index (κ3) is 3.58. The smallest absolute Gasteiger partial charge is 0.0766 e. The van der Waals surface area contributed by atoms with Crippen molar-refractivity contribution >= 4 is 0 Å². The highest BCUT2D eigenvalue weighted by atomic mass is 16.3. The number of nitrogens with one attached hydrogen (secondary N) is 1. The fraction of sp³-hybridized carbons (Fsp3) is 0.615. The van der Waals surface area contributed by atoms with Crippen LogP contribution in [0.25, 0.3) is 0 Å². The van der Waals surface area contributed by atoms with E-state index in [0.717, 1.165) is 12.8 Å². The van der Waals surface area contributed by atoms with E-state index in [4.69, 9.17) is 0 Å². The van der Waals surface area contributed by atoms with Crippen LogP contribution in [-0.4, -0.2) is 22.2 Å². The summed E-state index contributed by atoms with van der Waals surface area (Å²) in [6, 6.07) is 4.23. The van der Waals surface area contributed by atoms with Crippen LogP contribution in [0.1, 0.15) is 45.2 Å². The number of hydrogen-bond donors (Lipinski definition) is 2. The first-order valence-electron chi connectivity index (χ1n) is 5.97. The zero-order chi connectivity index (χ0) is 12.0. The highest BCUT2D eigenvalue weighted by Gasteiger charge is 2.22. The highest BCUT2D eigenvalue weighted by Crippen LogP contribution is 2.16. The van der Waals surface area contributed by atoms with Crippen LogP contribution in [-0.2, 0) is 0 Å². The monoisotopic (exact) mass is 222 g/mol. The lowest BCUT2D eigenvalue weighted by molar-refractivity contribution is 0.0303. The van der Waals surface area contributed by atoms with Gasteiger partial charge in [-0.25, -0.2) is 0 Å². The Morgan fingerprint density at radius 2 is 1.88 bits per heavy atom. The minimum absolute atomic E-state index is 0.243. The molecule has 0 aliphatic rings. The minimum Gasteiger partial charge on any atom is -0.389 e. The Bertz CT molecular complexity index is 296. The van der Waals surface area contributed by atoms with Gasteiger partial charge in [-0.3, -0.25) is 4.98 Å². The molecule has 0 radical (unpaired) electrons. The molecule has 16 heavy (non-hydrogen) atoms. The summed E-state index contributed by atoms with van der Waals surface area (Å²) in [4.78, 5) is 3.99. The number of aliphatic hydroxyl groups is 1. The van der Waals surface area contributed by atoms with Crippen LogP contribution in [0.15, 0.2) is 24.5 Å². The highest BCUT2D eigenvalue weighted by molar-refractivity contribution is 5.14. The summed E-state index contributed by atoms with van der Waals surface area (Å²) >= 11 is 0. The van der Waals surface area contributed by atoms with E-state index in [9.17, 15) is 5.11 Å². The molecule has 0 bridgehead atoms. The van der Waals surface area contributed by atoms with Crippen molar-refractivity contribution in [2.75, 3.05) is 6.54 Å². The standard InChI is InChI=1S/C13H22N2O/c1-4-13(16,5-2)10-15-11(3)12-6-8-14-9-7-12/h6-9,11,15-16H,4-5,10H2,1-3H3. The molecule has 2 N–H and O–H groups in total. The van der Waals surface area contributed by atoms with Crippen molar-refractivity contribution in [2.45, 2.75) is 45.3 Å². The normalized spacial score (nSPS) is 13.8. The summed E-state index contributed by atoms with van der Waals surface area (Å²) in [6.07, 6.45) is 5.14. The molecule has 1 aromatic rings. The second-order valence-corrected chi connectivity index (χ2v) is 4.31. The Morgan fingerprint density at radius 3 is 2.38 bits per heavy atom. The van der Waals surface area contributed by atoms with Gasteiger partial charge < -0.3 is 10.4 Å². The van der Waals surface area contributed by atoms with E-state index in [1.54, 1.807) is 12.4 Å². The average Bonchev–Trinajstić information content (AvgIpc) is 2.36. The molecule has 1 heterocycles. The quantitative estimate of drug-likeness (QED) is 0.776. The molecule has 0 aliphatic carbocycles. The molecule has 0 amide bonds. The van der Waals surface area contributed by atoms with Crippen LogP contribution in [0.4, 0.5) is 0 Å². The summed E-state index contributed by atoms with van der Waals surface area (Å²) in [5.74, 6) is 0. The number of rotatable bonds is 6. The van der Waals surface area contributed by atoms with Crippen molar-refractivity contribution in [3.8, 4) is 0 Å². The first-order valence-corrected chi connectivity index (χ1v) is 5.97. The first-order chi connectivity index (χ1) is 7.61. The Kier molecular flexibility index (Phi) is 4.90. The molecule has 1 rings (SSSR count). The molecular formula is C13H22N2O. The van der Waals surface area contributed by atoms with E-state index in [0.29, 0.717) is 6.54 Å². The molecule has 3 nitrogen and oxygen atoms in total. The van der Waals surface area contributed by atoms with Crippen LogP contribution >= 0.6 is 0 Å². The third-order valence-corrected chi connectivity index (χ3v) is 3.26. The number of hydrogen-bond acceptors (Lipinski definition) is 3. The molecule has 0 saturated carbocycles. The van der Waals surface area contributed by atoms with Gasteiger partial charge in [0.1, 0.15) is 0 Å². The van der Waals surface area contributed by atoms with Gasteiger partial charge >= 0.3 is 0 Å². The Balaban J connectivity index is 2.50. The zero-order valence-corrected chi connectivity index (χ0v) is 10.4. The van der Waals surface area contributed by atoms with E-state index in [2.05, 4.69) is 17.2 Å². The van der Waals surface area contributed by atoms with E-state index in [1.807, 2.05) is 26.0 Å². The third-order valence-electron chi connectivity index (χ3n) is 3.26. The molecular weight excluding hydrogens is 200 g/mol. The van der Waals surface area contributed by atoms with Crippen molar-refractivity contribution in [2.24, 2.45) is 0 Å². The lowest BCUT2D eigenvalue weighted by Gasteiger charge is -2.27. The summed E-state index contributed by atoms with van der Waals surface area (Å²) < 4.78 is 0. The number of pyridine rings is 1. The first kappa shape index (κ1) is 13.1. The van der Waals surface area contributed by atoms with Gasteiger partial charge in [0.05, 0.1) is 5.60 Å². The van der Waals surface area contributed by atoms with E-state index in [-0.39, 0.29) is 6.04 Å². The molecule has 90 valence electrons. The van der Waals surface area contributed by atoms with Crippen LogP contribution < -0.4 is 5.32 Å². The predicted octanol–water partition coefficient (Wildman–Crippen LogP) is 2.28. The van der Waals surface area contributed by atoms with Crippen LogP contribution in [0.5, 0.6) is 0 Å². The van der Waals surface area contributed by atoms with Gasteiger partial charge in [0, 0.05) is 25.0 Å². The fourth-order valence-electron chi connectivity index (χ4n) is 1.61. The van der Waals surface area contributed by atoms with Gasteiger partial charge in [0.25, 0.3) is 0 Å². The molecule has 0 fully saturated rings. The largest absolute Gasteiger partial charge is 0.389 e. The predicted molar refractivity (Wildman–Crippen MR) is 66.2 cm³/mol. The molecule has 1 unspecified atom stereocenters. The van der Waals surface area contributed by atoms with Crippen molar-refractivity contribution in [3.05, 3.63) is 30.1 Å². The zero-order valence-electron chi connectivity index (χ0n) is 10.4. The average molecular weight is 222 g/mol. The Hall–Kier alpha value is -0.930. The number of nitrogens with zero attached hydrogens (tertiary/aromatic N) is 1. The number of aromatic nitrogens is 1. The Morgan fingerprint density at radius 1 is 1.31 bits per heavy atom. The SMILES string of the molecule is CCC(O)(CC)CNC(C)c1ccncc1. The van der Waals surface area contributed by atoms with Crippen molar-refractivity contribution in [1.29, 1.82) is 0 Å². The second kappa shape index (κ2) is 5.97. The fourth-order valence-corrected chi connectivity index (χ4v) is 1.61. The van der Waals surface area contributed by atoms with Gasteiger partial charge in [-0.2, -0.15) is 0 Å². The van der Waals surface area contributed by atoms with Gasteiger partial charge in [0.2, 0.25) is 0 Å². The molecule has 0 saturated heterocycles. The summed E-state index contributed by atoms with van der Waals surface area (Å²) in [7, 11) is 0. The Labute approximate surface area is 97.9 Å². The van der Waals surface area contributed by atoms with Gasteiger partial charge in [-0.05, 0) is 37.5 Å². The van der Waals surface area contributed by atoms with Crippen LogP contribution in [0.2, 0.25) is 0 Å². The molecule has 1 atom stereocenters. The van der Waals surface area contributed by atoms with Crippen LogP contribution in [0.3, 0.4) is 0 Å². The maximum atomic E-state index is 10.1. The van der Waals surface area contributed by atoms with Crippen molar-refractivity contribution in [3.63, 3.8) is 0 Å². The van der Waals surface area contributed by atoms with E-state index in [1.165, 1.54) is 5.56 Å². The summed E-state index contributed by atoms with van der Waals surface area (Å²) in [5, 5.41) is 13.5. The van der Waals surface area contributed by atoms with Crippen molar-refractivity contribution in [1.82, 2.24) is 10.3 Å². The van der Waals surface area contributed by atoms with E-state index >= 15 is 0 Å².